The Morgan fingerprint density at radius 2 is 1.62 bits per heavy atom. The van der Waals surface area contributed by atoms with Gasteiger partial charge in [0.15, 0.2) is 5.78 Å². The van der Waals surface area contributed by atoms with E-state index in [1.54, 1.807) is 0 Å². The van der Waals surface area contributed by atoms with Crippen LogP contribution in [0.25, 0.3) is 6.08 Å². The average molecular weight is 466 g/mol. The van der Waals surface area contributed by atoms with E-state index in [2.05, 4.69) is 0 Å². The molecule has 1 amide bonds. The summed E-state index contributed by atoms with van der Waals surface area (Å²) in [5, 5.41) is 0. The van der Waals surface area contributed by atoms with Crippen molar-refractivity contribution in [2.75, 3.05) is 26.2 Å². The predicted octanol–water partition coefficient (Wildman–Crippen LogP) is 3.45. The smallest absolute Gasteiger partial charge is 0.337 e. The molecule has 0 radical (unpaired) electrons. The van der Waals surface area contributed by atoms with Crippen molar-refractivity contribution in [3.8, 4) is 0 Å². The molecule has 1 saturated heterocycles. The second-order valence-corrected chi connectivity index (χ2v) is 9.21. The minimum atomic E-state index is -4.47. The Bertz CT molecular complexity index is 1150. The highest BCUT2D eigenvalue weighted by Gasteiger charge is 2.31. The van der Waals surface area contributed by atoms with Crippen molar-refractivity contribution in [1.82, 2.24) is 9.21 Å². The summed E-state index contributed by atoms with van der Waals surface area (Å²) >= 11 is 0. The number of Topliss-reactive ketones (excluding diaryl/α,β-unsaturated/α-hetero) is 1. The second kappa shape index (κ2) is 9.25. The number of hydrogen-bond acceptors (Lipinski definition) is 4. The lowest BCUT2D eigenvalue weighted by atomic mass is 10.1. The zero-order valence-corrected chi connectivity index (χ0v) is 18.0. The number of amides is 1. The third-order valence-corrected chi connectivity index (χ3v) is 6.96. The van der Waals surface area contributed by atoms with Gasteiger partial charge in [-0.05, 0) is 42.8 Å². The van der Waals surface area contributed by atoms with Crippen molar-refractivity contribution in [3.63, 3.8) is 0 Å². The number of hydrogen-bond donors (Lipinski definition) is 0. The molecule has 2 aromatic carbocycles. The molecule has 6 nitrogen and oxygen atoms in total. The molecule has 3 rings (SSSR count). The van der Waals surface area contributed by atoms with Gasteiger partial charge in [0.1, 0.15) is 0 Å². The average Bonchev–Trinajstić information content (AvgIpc) is 2.77. The van der Waals surface area contributed by atoms with Crippen LogP contribution in [0.3, 0.4) is 0 Å². The fraction of sp³-hybridized carbons (Fsp3) is 0.273. The number of alkyl halides is 3. The Kier molecular flexibility index (Phi) is 6.85. The molecule has 1 heterocycles. The first-order chi connectivity index (χ1) is 15.0. The summed E-state index contributed by atoms with van der Waals surface area (Å²) in [6.45, 7) is 1.75. The normalized spacial score (nSPS) is 15.8. The molecule has 0 saturated carbocycles. The van der Waals surface area contributed by atoms with Gasteiger partial charge in [-0.3, -0.25) is 9.59 Å². The Labute approximate surface area is 184 Å². The number of carbonyl (C=O) groups excluding carboxylic acids is 2. The molecular formula is C22H21F3N2O4S. The molecule has 10 heteroatoms. The Hall–Kier alpha value is -2.98. The van der Waals surface area contributed by atoms with Gasteiger partial charge in [-0.2, -0.15) is 17.5 Å². The summed E-state index contributed by atoms with van der Waals surface area (Å²) in [5.74, 6) is -0.664. The summed E-state index contributed by atoms with van der Waals surface area (Å²) in [7, 11) is -3.82. The first-order valence-electron chi connectivity index (χ1n) is 9.74. The van der Waals surface area contributed by atoms with Crippen molar-refractivity contribution in [1.29, 1.82) is 0 Å². The highest BCUT2D eigenvalue weighted by Crippen LogP contribution is 2.29. The van der Waals surface area contributed by atoms with E-state index in [-0.39, 0.29) is 42.4 Å². The van der Waals surface area contributed by atoms with Crippen LogP contribution in [0, 0.1) is 0 Å². The highest BCUT2D eigenvalue weighted by atomic mass is 32.2. The SMILES string of the molecule is CC(=O)c1cccc(S(=O)(=O)N2CCN(C(=O)/C=C/c3cccc(C(F)(F)F)c3)CC2)c1. The maximum atomic E-state index is 12.9. The molecule has 1 aliphatic rings. The number of halogens is 3. The van der Waals surface area contributed by atoms with E-state index in [0.717, 1.165) is 12.1 Å². The van der Waals surface area contributed by atoms with Crippen LogP contribution < -0.4 is 0 Å². The fourth-order valence-electron chi connectivity index (χ4n) is 3.27. The van der Waals surface area contributed by atoms with Crippen LogP contribution in [0.15, 0.2) is 59.5 Å². The molecule has 0 bridgehead atoms. The number of ketones is 1. The molecule has 0 aliphatic carbocycles. The predicted molar refractivity (Wildman–Crippen MR) is 112 cm³/mol. The van der Waals surface area contributed by atoms with E-state index in [1.165, 1.54) is 64.7 Å². The van der Waals surface area contributed by atoms with Gasteiger partial charge in [0.25, 0.3) is 0 Å². The van der Waals surface area contributed by atoms with Gasteiger partial charge in [-0.25, -0.2) is 8.42 Å². The maximum absolute atomic E-state index is 12.9. The molecule has 0 atom stereocenters. The quantitative estimate of drug-likeness (QED) is 0.500. The zero-order valence-electron chi connectivity index (χ0n) is 17.2. The van der Waals surface area contributed by atoms with Crippen molar-refractivity contribution in [3.05, 3.63) is 71.3 Å². The molecule has 0 spiro atoms. The number of carbonyl (C=O) groups is 2. The maximum Gasteiger partial charge on any atom is 0.416 e. The van der Waals surface area contributed by atoms with E-state index in [0.29, 0.717) is 5.56 Å². The van der Waals surface area contributed by atoms with Gasteiger partial charge in [-0.15, -0.1) is 0 Å². The molecule has 0 N–H and O–H groups in total. The molecule has 1 fully saturated rings. The Morgan fingerprint density at radius 1 is 0.969 bits per heavy atom. The first-order valence-corrected chi connectivity index (χ1v) is 11.2. The van der Waals surface area contributed by atoms with Crippen LogP contribution in [0.4, 0.5) is 13.2 Å². The lowest BCUT2D eigenvalue weighted by Crippen LogP contribution is -2.50. The van der Waals surface area contributed by atoms with Crippen LogP contribution in [-0.4, -0.2) is 55.5 Å². The number of piperazine rings is 1. The lowest BCUT2D eigenvalue weighted by Gasteiger charge is -2.33. The minimum absolute atomic E-state index is 0.00872. The van der Waals surface area contributed by atoms with Crippen LogP contribution in [-0.2, 0) is 21.0 Å². The van der Waals surface area contributed by atoms with Gasteiger partial charge in [0, 0.05) is 37.8 Å². The summed E-state index contributed by atoms with van der Waals surface area (Å²) in [6, 6.07) is 10.4. The molecule has 170 valence electrons. The Morgan fingerprint density at radius 3 is 2.25 bits per heavy atom. The van der Waals surface area contributed by atoms with E-state index >= 15 is 0 Å². The monoisotopic (exact) mass is 466 g/mol. The molecule has 0 aromatic heterocycles. The summed E-state index contributed by atoms with van der Waals surface area (Å²) in [6.07, 6.45) is -2.00. The van der Waals surface area contributed by atoms with Gasteiger partial charge in [0.2, 0.25) is 15.9 Å². The summed E-state index contributed by atoms with van der Waals surface area (Å²) in [4.78, 5) is 25.4. The molecule has 0 unspecified atom stereocenters. The lowest BCUT2D eigenvalue weighted by molar-refractivity contribution is -0.137. The molecule has 32 heavy (non-hydrogen) atoms. The number of rotatable bonds is 5. The van der Waals surface area contributed by atoms with Gasteiger partial charge < -0.3 is 4.90 Å². The van der Waals surface area contributed by atoms with Gasteiger partial charge in [-0.1, -0.05) is 24.3 Å². The van der Waals surface area contributed by atoms with E-state index in [1.807, 2.05) is 0 Å². The van der Waals surface area contributed by atoms with Crippen molar-refractivity contribution in [2.45, 2.75) is 18.0 Å². The second-order valence-electron chi connectivity index (χ2n) is 7.27. The molecule has 2 aromatic rings. The Balaban J connectivity index is 1.64. The molecular weight excluding hydrogens is 445 g/mol. The van der Waals surface area contributed by atoms with Crippen molar-refractivity contribution >= 4 is 27.8 Å². The van der Waals surface area contributed by atoms with Crippen LogP contribution in [0.1, 0.15) is 28.4 Å². The van der Waals surface area contributed by atoms with E-state index in [4.69, 9.17) is 0 Å². The van der Waals surface area contributed by atoms with E-state index < -0.39 is 27.7 Å². The standard InChI is InChI=1S/C22H21F3N2O4S/c1-16(28)18-5-3-7-20(15-18)32(30,31)27-12-10-26(11-13-27)21(29)9-8-17-4-2-6-19(14-17)22(23,24)25/h2-9,14-15H,10-13H2,1H3/b9-8+. The third kappa shape index (κ3) is 5.43. The highest BCUT2D eigenvalue weighted by molar-refractivity contribution is 7.89. The van der Waals surface area contributed by atoms with Crippen LogP contribution in [0.2, 0.25) is 0 Å². The minimum Gasteiger partial charge on any atom is -0.337 e. The summed E-state index contributed by atoms with van der Waals surface area (Å²) < 4.78 is 65.4. The van der Waals surface area contributed by atoms with Gasteiger partial charge in [0.05, 0.1) is 10.5 Å². The van der Waals surface area contributed by atoms with Crippen molar-refractivity contribution < 1.29 is 31.2 Å². The topological polar surface area (TPSA) is 74.8 Å². The number of benzene rings is 2. The van der Waals surface area contributed by atoms with Crippen LogP contribution in [0.5, 0.6) is 0 Å². The molecule has 1 aliphatic heterocycles. The fourth-order valence-corrected chi connectivity index (χ4v) is 4.73. The van der Waals surface area contributed by atoms with Crippen LogP contribution >= 0.6 is 0 Å². The summed E-state index contributed by atoms with van der Waals surface area (Å²) in [5.41, 5.74) is -0.279. The third-order valence-electron chi connectivity index (χ3n) is 5.06. The number of sulfonamides is 1. The first kappa shape index (κ1) is 23.7. The number of nitrogens with zero attached hydrogens (tertiary/aromatic N) is 2. The van der Waals surface area contributed by atoms with Crippen molar-refractivity contribution in [2.24, 2.45) is 0 Å². The zero-order chi connectivity index (χ0) is 23.5. The van der Waals surface area contributed by atoms with E-state index in [9.17, 15) is 31.2 Å². The van der Waals surface area contributed by atoms with Gasteiger partial charge >= 0.3 is 6.18 Å². The largest absolute Gasteiger partial charge is 0.416 e.